The van der Waals surface area contributed by atoms with E-state index in [0.29, 0.717) is 0 Å². The summed E-state index contributed by atoms with van der Waals surface area (Å²) in [4.78, 5) is 2.42. The number of rotatable bonds is 4. The van der Waals surface area contributed by atoms with Crippen molar-refractivity contribution in [2.45, 2.75) is 32.2 Å². The minimum atomic E-state index is 0.219. The number of hydrogen-bond donors (Lipinski definition) is 1. The van der Waals surface area contributed by atoms with E-state index in [2.05, 4.69) is 36.1 Å². The van der Waals surface area contributed by atoms with Gasteiger partial charge in [0.15, 0.2) is 0 Å². The van der Waals surface area contributed by atoms with Crippen molar-refractivity contribution in [3.8, 4) is 0 Å². The van der Waals surface area contributed by atoms with E-state index in [1.54, 1.807) is 0 Å². The summed E-state index contributed by atoms with van der Waals surface area (Å²) in [6.45, 7) is 4.64. The van der Waals surface area contributed by atoms with Crippen LogP contribution in [0.4, 0.5) is 0 Å². The molecule has 0 saturated heterocycles. The molecular weight excluding hydrogens is 198 g/mol. The van der Waals surface area contributed by atoms with Crippen LogP contribution in [0.25, 0.3) is 0 Å². The first kappa shape index (κ1) is 11.6. The highest BCUT2D eigenvalue weighted by Crippen LogP contribution is 2.29. The van der Waals surface area contributed by atoms with E-state index < -0.39 is 0 Å². The van der Waals surface area contributed by atoms with E-state index in [4.69, 9.17) is 0 Å². The minimum Gasteiger partial charge on any atom is -0.394 e. The Kier molecular flexibility index (Phi) is 3.97. The molecule has 0 saturated carbocycles. The molecule has 1 aliphatic heterocycles. The third-order valence-corrected chi connectivity index (χ3v) is 3.50. The van der Waals surface area contributed by atoms with E-state index in [1.807, 2.05) is 0 Å². The summed E-state index contributed by atoms with van der Waals surface area (Å²) >= 11 is 0. The van der Waals surface area contributed by atoms with Gasteiger partial charge in [-0.3, -0.25) is 4.90 Å². The predicted molar refractivity (Wildman–Crippen MR) is 66.5 cm³/mol. The number of aliphatic hydroxyl groups is 1. The molecule has 0 spiro atoms. The van der Waals surface area contributed by atoms with Gasteiger partial charge in [0.1, 0.15) is 0 Å². The zero-order valence-corrected chi connectivity index (χ0v) is 10.0. The lowest BCUT2D eigenvalue weighted by molar-refractivity contribution is 0.113. The Morgan fingerprint density at radius 3 is 2.94 bits per heavy atom. The number of aliphatic hydroxyl groups excluding tert-OH is 1. The molecule has 2 nitrogen and oxygen atoms in total. The molecule has 1 aliphatic rings. The fraction of sp³-hybridized carbons (Fsp3) is 0.571. The number of benzene rings is 1. The van der Waals surface area contributed by atoms with E-state index in [1.165, 1.54) is 24.0 Å². The van der Waals surface area contributed by atoms with Crippen molar-refractivity contribution in [3.63, 3.8) is 0 Å². The third-order valence-electron chi connectivity index (χ3n) is 3.50. The van der Waals surface area contributed by atoms with E-state index in [0.717, 1.165) is 19.5 Å². The third kappa shape index (κ3) is 2.28. The van der Waals surface area contributed by atoms with E-state index >= 15 is 0 Å². The molecule has 0 fully saturated rings. The van der Waals surface area contributed by atoms with Crippen LogP contribution in [0.3, 0.4) is 0 Å². The van der Waals surface area contributed by atoms with Gasteiger partial charge in [0.05, 0.1) is 12.6 Å². The lowest BCUT2D eigenvalue weighted by Crippen LogP contribution is -2.37. The Bertz CT molecular complexity index is 337. The van der Waals surface area contributed by atoms with Crippen molar-refractivity contribution in [2.75, 3.05) is 19.7 Å². The van der Waals surface area contributed by atoms with Gasteiger partial charge in [-0.2, -0.15) is 0 Å². The van der Waals surface area contributed by atoms with Gasteiger partial charge in [-0.1, -0.05) is 37.6 Å². The molecule has 2 rings (SSSR count). The van der Waals surface area contributed by atoms with Gasteiger partial charge in [0.2, 0.25) is 0 Å². The lowest BCUT2D eigenvalue weighted by Gasteiger charge is -2.36. The fourth-order valence-electron chi connectivity index (χ4n) is 2.55. The van der Waals surface area contributed by atoms with Crippen molar-refractivity contribution in [1.82, 2.24) is 4.90 Å². The van der Waals surface area contributed by atoms with Crippen LogP contribution in [0, 0.1) is 0 Å². The number of unbranched alkanes of at least 4 members (excludes halogenated alkanes) is 1. The second kappa shape index (κ2) is 5.46. The van der Waals surface area contributed by atoms with E-state index in [-0.39, 0.29) is 12.6 Å². The largest absolute Gasteiger partial charge is 0.394 e. The summed E-state index contributed by atoms with van der Waals surface area (Å²) in [5.74, 6) is 0. The topological polar surface area (TPSA) is 23.5 Å². The van der Waals surface area contributed by atoms with Crippen molar-refractivity contribution in [1.29, 1.82) is 0 Å². The van der Waals surface area contributed by atoms with Crippen molar-refractivity contribution >= 4 is 0 Å². The standard InChI is InChI=1S/C14H21NO/c1-2-3-9-15-10-8-12-6-4-5-7-13(12)14(15)11-16/h4-7,14,16H,2-3,8-11H2,1H3. The molecule has 1 N–H and O–H groups in total. The average Bonchev–Trinajstić information content (AvgIpc) is 2.35. The number of hydrogen-bond acceptors (Lipinski definition) is 2. The average molecular weight is 219 g/mol. The maximum absolute atomic E-state index is 9.57. The molecular formula is C14H21NO. The quantitative estimate of drug-likeness (QED) is 0.840. The van der Waals surface area contributed by atoms with Crippen LogP contribution in [0.5, 0.6) is 0 Å². The fourth-order valence-corrected chi connectivity index (χ4v) is 2.55. The molecule has 1 heterocycles. The highest BCUT2D eigenvalue weighted by Gasteiger charge is 2.25. The van der Waals surface area contributed by atoms with Crippen LogP contribution < -0.4 is 0 Å². The van der Waals surface area contributed by atoms with Crippen LogP contribution in [-0.2, 0) is 6.42 Å². The SMILES string of the molecule is CCCCN1CCc2ccccc2C1CO. The molecule has 0 aliphatic carbocycles. The molecule has 88 valence electrons. The van der Waals surface area contributed by atoms with Crippen molar-refractivity contribution in [3.05, 3.63) is 35.4 Å². The smallest absolute Gasteiger partial charge is 0.0628 e. The molecule has 1 unspecified atom stereocenters. The predicted octanol–water partition coefficient (Wildman–Crippen LogP) is 2.38. The van der Waals surface area contributed by atoms with E-state index in [9.17, 15) is 5.11 Å². The lowest BCUT2D eigenvalue weighted by atomic mass is 9.93. The maximum atomic E-state index is 9.57. The Labute approximate surface area is 97.9 Å². The number of nitrogens with zero attached hydrogens (tertiary/aromatic N) is 1. The highest BCUT2D eigenvalue weighted by atomic mass is 16.3. The molecule has 0 bridgehead atoms. The first-order chi connectivity index (χ1) is 7.86. The molecule has 1 aromatic rings. The van der Waals surface area contributed by atoms with Gasteiger partial charge >= 0.3 is 0 Å². The van der Waals surface area contributed by atoms with Crippen LogP contribution in [0.15, 0.2) is 24.3 Å². The highest BCUT2D eigenvalue weighted by molar-refractivity contribution is 5.32. The Morgan fingerprint density at radius 2 is 2.19 bits per heavy atom. The molecule has 0 radical (unpaired) electrons. The Morgan fingerprint density at radius 1 is 1.38 bits per heavy atom. The zero-order valence-electron chi connectivity index (χ0n) is 10.0. The van der Waals surface area contributed by atoms with Gasteiger partial charge in [-0.15, -0.1) is 0 Å². The van der Waals surface area contributed by atoms with Crippen LogP contribution in [0.2, 0.25) is 0 Å². The van der Waals surface area contributed by atoms with Crippen LogP contribution >= 0.6 is 0 Å². The molecule has 0 amide bonds. The minimum absolute atomic E-state index is 0.219. The second-order valence-electron chi connectivity index (χ2n) is 4.54. The summed E-state index contributed by atoms with van der Waals surface area (Å²) in [5, 5.41) is 9.57. The summed E-state index contributed by atoms with van der Waals surface area (Å²) in [7, 11) is 0. The first-order valence-electron chi connectivity index (χ1n) is 6.29. The normalized spacial score (nSPS) is 20.8. The van der Waals surface area contributed by atoms with Gasteiger partial charge in [-0.05, 0) is 30.5 Å². The molecule has 0 aromatic heterocycles. The Balaban J connectivity index is 2.16. The van der Waals surface area contributed by atoms with Crippen LogP contribution in [-0.4, -0.2) is 29.7 Å². The molecule has 2 heteroatoms. The Hall–Kier alpha value is -0.860. The monoisotopic (exact) mass is 219 g/mol. The van der Waals surface area contributed by atoms with Crippen molar-refractivity contribution < 1.29 is 5.11 Å². The maximum Gasteiger partial charge on any atom is 0.0628 e. The summed E-state index contributed by atoms with van der Waals surface area (Å²) in [5.41, 5.74) is 2.74. The first-order valence-corrected chi connectivity index (χ1v) is 6.29. The van der Waals surface area contributed by atoms with Crippen molar-refractivity contribution in [2.24, 2.45) is 0 Å². The molecule has 1 aromatic carbocycles. The number of fused-ring (bicyclic) bond motifs is 1. The van der Waals surface area contributed by atoms with Crippen LogP contribution in [0.1, 0.15) is 36.9 Å². The zero-order chi connectivity index (χ0) is 11.4. The summed E-state index contributed by atoms with van der Waals surface area (Å²) in [6, 6.07) is 8.74. The summed E-state index contributed by atoms with van der Waals surface area (Å²) < 4.78 is 0. The second-order valence-corrected chi connectivity index (χ2v) is 4.54. The van der Waals surface area contributed by atoms with Gasteiger partial charge < -0.3 is 5.11 Å². The molecule has 1 atom stereocenters. The van der Waals surface area contributed by atoms with Gasteiger partial charge in [0, 0.05) is 6.54 Å². The van der Waals surface area contributed by atoms with Gasteiger partial charge in [-0.25, -0.2) is 0 Å². The summed E-state index contributed by atoms with van der Waals surface area (Å²) in [6.07, 6.45) is 3.56. The molecule has 16 heavy (non-hydrogen) atoms. The van der Waals surface area contributed by atoms with Gasteiger partial charge in [0.25, 0.3) is 0 Å².